The van der Waals surface area contributed by atoms with E-state index >= 15 is 0 Å². The highest BCUT2D eigenvalue weighted by Gasteiger charge is 2.37. The Bertz CT molecular complexity index is 516. The molecular formula is C15H20N2O3. The Morgan fingerprint density at radius 2 is 2.15 bits per heavy atom. The molecule has 1 aliphatic rings. The van der Waals surface area contributed by atoms with Crippen LogP contribution >= 0.6 is 0 Å². The minimum absolute atomic E-state index is 0.127. The summed E-state index contributed by atoms with van der Waals surface area (Å²) in [5.41, 5.74) is 1.85. The Balaban J connectivity index is 2.31. The Labute approximate surface area is 118 Å². The summed E-state index contributed by atoms with van der Waals surface area (Å²) in [6.07, 6.45) is 0.768. The molecule has 0 spiro atoms. The van der Waals surface area contributed by atoms with E-state index in [1.165, 1.54) is 0 Å². The van der Waals surface area contributed by atoms with Crippen molar-refractivity contribution in [2.45, 2.75) is 32.4 Å². The lowest BCUT2D eigenvalue weighted by Gasteiger charge is -2.38. The van der Waals surface area contributed by atoms with Gasteiger partial charge < -0.3 is 10.4 Å². The third-order valence-electron chi connectivity index (χ3n) is 3.78. The SMILES string of the molecule is CCNC(=O)C(C)N1CCc2ccccc2C1C(=O)O. The number of nitrogens with one attached hydrogen (secondary N) is 1. The van der Waals surface area contributed by atoms with Crippen LogP contribution < -0.4 is 5.32 Å². The van der Waals surface area contributed by atoms with Gasteiger partial charge in [0.05, 0.1) is 6.04 Å². The van der Waals surface area contributed by atoms with Crippen LogP contribution in [-0.2, 0) is 16.0 Å². The molecule has 5 heteroatoms. The highest BCUT2D eigenvalue weighted by atomic mass is 16.4. The summed E-state index contributed by atoms with van der Waals surface area (Å²) in [5.74, 6) is -1.04. The highest BCUT2D eigenvalue weighted by Crippen LogP contribution is 2.31. The number of fused-ring (bicyclic) bond motifs is 1. The Morgan fingerprint density at radius 3 is 2.80 bits per heavy atom. The number of carboxylic acids is 1. The van der Waals surface area contributed by atoms with E-state index in [0.29, 0.717) is 13.1 Å². The van der Waals surface area contributed by atoms with Crippen molar-refractivity contribution >= 4 is 11.9 Å². The smallest absolute Gasteiger partial charge is 0.325 e. The first-order valence-electron chi connectivity index (χ1n) is 6.90. The van der Waals surface area contributed by atoms with Gasteiger partial charge in [-0.2, -0.15) is 0 Å². The number of benzene rings is 1. The maximum absolute atomic E-state index is 12.0. The molecule has 20 heavy (non-hydrogen) atoms. The van der Waals surface area contributed by atoms with E-state index in [1.807, 2.05) is 31.2 Å². The fraction of sp³-hybridized carbons (Fsp3) is 0.467. The summed E-state index contributed by atoms with van der Waals surface area (Å²) >= 11 is 0. The molecule has 0 saturated carbocycles. The van der Waals surface area contributed by atoms with E-state index in [-0.39, 0.29) is 5.91 Å². The zero-order valence-electron chi connectivity index (χ0n) is 11.8. The fourth-order valence-corrected chi connectivity index (χ4v) is 2.75. The van der Waals surface area contributed by atoms with Crippen molar-refractivity contribution in [3.63, 3.8) is 0 Å². The fourth-order valence-electron chi connectivity index (χ4n) is 2.75. The van der Waals surface area contributed by atoms with Crippen molar-refractivity contribution in [3.8, 4) is 0 Å². The summed E-state index contributed by atoms with van der Waals surface area (Å²) in [7, 11) is 0. The van der Waals surface area contributed by atoms with Gasteiger partial charge in [0.25, 0.3) is 0 Å². The van der Waals surface area contributed by atoms with Gasteiger partial charge >= 0.3 is 5.97 Å². The molecule has 0 aliphatic carbocycles. The Kier molecular flexibility index (Phi) is 4.39. The lowest BCUT2D eigenvalue weighted by molar-refractivity contribution is -0.146. The van der Waals surface area contributed by atoms with Crippen molar-refractivity contribution in [3.05, 3.63) is 35.4 Å². The third-order valence-corrected chi connectivity index (χ3v) is 3.78. The quantitative estimate of drug-likeness (QED) is 0.867. The molecule has 1 heterocycles. The van der Waals surface area contributed by atoms with Crippen LogP contribution in [0.4, 0.5) is 0 Å². The predicted octanol–water partition coefficient (Wildman–Crippen LogP) is 1.19. The van der Waals surface area contributed by atoms with Gasteiger partial charge in [0.15, 0.2) is 0 Å². The molecule has 5 nitrogen and oxygen atoms in total. The molecule has 0 saturated heterocycles. The lowest BCUT2D eigenvalue weighted by atomic mass is 9.91. The van der Waals surface area contributed by atoms with Crippen LogP contribution in [0.3, 0.4) is 0 Å². The summed E-state index contributed by atoms with van der Waals surface area (Å²) < 4.78 is 0. The molecule has 1 amide bonds. The van der Waals surface area contributed by atoms with E-state index in [4.69, 9.17) is 0 Å². The van der Waals surface area contributed by atoms with Gasteiger partial charge in [0, 0.05) is 13.1 Å². The number of likely N-dealkylation sites (N-methyl/N-ethyl adjacent to an activating group) is 1. The predicted molar refractivity (Wildman–Crippen MR) is 75.4 cm³/mol. The van der Waals surface area contributed by atoms with Crippen LogP contribution in [0.5, 0.6) is 0 Å². The van der Waals surface area contributed by atoms with Crippen molar-refractivity contribution < 1.29 is 14.7 Å². The van der Waals surface area contributed by atoms with Gasteiger partial charge in [-0.1, -0.05) is 24.3 Å². The second-order valence-electron chi connectivity index (χ2n) is 5.00. The molecule has 0 radical (unpaired) electrons. The van der Waals surface area contributed by atoms with Crippen LogP contribution in [0.15, 0.2) is 24.3 Å². The molecular weight excluding hydrogens is 256 g/mol. The van der Waals surface area contributed by atoms with Gasteiger partial charge in [-0.05, 0) is 31.4 Å². The molecule has 0 fully saturated rings. The van der Waals surface area contributed by atoms with Gasteiger partial charge in [0.1, 0.15) is 6.04 Å². The normalized spacial score (nSPS) is 20.0. The molecule has 2 atom stereocenters. The first-order valence-corrected chi connectivity index (χ1v) is 6.90. The number of carbonyl (C=O) groups excluding carboxylic acids is 1. The largest absolute Gasteiger partial charge is 0.480 e. The molecule has 2 N–H and O–H groups in total. The Hall–Kier alpha value is -1.88. The lowest BCUT2D eigenvalue weighted by Crippen LogP contribution is -2.51. The molecule has 2 rings (SSSR count). The van der Waals surface area contributed by atoms with E-state index in [2.05, 4.69) is 5.32 Å². The minimum Gasteiger partial charge on any atom is -0.480 e. The van der Waals surface area contributed by atoms with Gasteiger partial charge in [-0.25, -0.2) is 0 Å². The van der Waals surface area contributed by atoms with Crippen molar-refractivity contribution in [2.75, 3.05) is 13.1 Å². The van der Waals surface area contributed by atoms with E-state index in [9.17, 15) is 14.7 Å². The van der Waals surface area contributed by atoms with Crippen LogP contribution in [-0.4, -0.2) is 41.0 Å². The highest BCUT2D eigenvalue weighted by molar-refractivity contribution is 5.83. The van der Waals surface area contributed by atoms with Gasteiger partial charge in [-0.15, -0.1) is 0 Å². The van der Waals surface area contributed by atoms with E-state index in [1.54, 1.807) is 11.8 Å². The number of carboxylic acid groups (broad SMARTS) is 1. The van der Waals surface area contributed by atoms with E-state index < -0.39 is 18.1 Å². The maximum Gasteiger partial charge on any atom is 0.325 e. The van der Waals surface area contributed by atoms with Gasteiger partial charge in [-0.3, -0.25) is 14.5 Å². The molecule has 108 valence electrons. The number of nitrogens with zero attached hydrogens (tertiary/aromatic N) is 1. The second-order valence-corrected chi connectivity index (χ2v) is 5.00. The van der Waals surface area contributed by atoms with E-state index in [0.717, 1.165) is 17.5 Å². The third kappa shape index (κ3) is 2.67. The molecule has 2 unspecified atom stereocenters. The first-order chi connectivity index (χ1) is 9.56. The molecule has 0 bridgehead atoms. The Morgan fingerprint density at radius 1 is 1.45 bits per heavy atom. The number of rotatable bonds is 4. The second kappa shape index (κ2) is 6.05. The first kappa shape index (κ1) is 14.5. The van der Waals surface area contributed by atoms with Crippen LogP contribution in [0.2, 0.25) is 0 Å². The number of aliphatic carboxylic acids is 1. The number of carbonyl (C=O) groups is 2. The summed E-state index contributed by atoms with van der Waals surface area (Å²) in [5, 5.41) is 12.3. The summed E-state index contributed by atoms with van der Waals surface area (Å²) in [6.45, 7) is 4.73. The standard InChI is InChI=1S/C15H20N2O3/c1-3-16-14(18)10(2)17-9-8-11-6-4-5-7-12(11)13(17)15(19)20/h4-7,10,13H,3,8-9H2,1-2H3,(H,16,18)(H,19,20). The number of hydrogen-bond donors (Lipinski definition) is 2. The molecule has 1 aromatic rings. The monoisotopic (exact) mass is 276 g/mol. The average molecular weight is 276 g/mol. The van der Waals surface area contributed by atoms with Crippen LogP contribution in [0.1, 0.15) is 31.0 Å². The maximum atomic E-state index is 12.0. The number of hydrogen-bond acceptors (Lipinski definition) is 3. The number of amides is 1. The topological polar surface area (TPSA) is 69.6 Å². The van der Waals surface area contributed by atoms with Crippen molar-refractivity contribution in [1.29, 1.82) is 0 Å². The van der Waals surface area contributed by atoms with Crippen LogP contribution in [0.25, 0.3) is 0 Å². The average Bonchev–Trinajstić information content (AvgIpc) is 2.45. The zero-order chi connectivity index (χ0) is 14.7. The zero-order valence-corrected chi connectivity index (χ0v) is 11.8. The molecule has 0 aromatic heterocycles. The minimum atomic E-state index is -0.909. The van der Waals surface area contributed by atoms with Crippen molar-refractivity contribution in [1.82, 2.24) is 10.2 Å². The molecule has 1 aromatic carbocycles. The summed E-state index contributed by atoms with van der Waals surface area (Å²) in [4.78, 5) is 25.4. The van der Waals surface area contributed by atoms with Gasteiger partial charge in [0.2, 0.25) is 5.91 Å². The van der Waals surface area contributed by atoms with Crippen LogP contribution in [0, 0.1) is 0 Å². The summed E-state index contributed by atoms with van der Waals surface area (Å²) in [6, 6.07) is 6.35. The van der Waals surface area contributed by atoms with Crippen molar-refractivity contribution in [2.24, 2.45) is 0 Å². The molecule has 1 aliphatic heterocycles.